The second kappa shape index (κ2) is 7.17. The molecule has 0 saturated heterocycles. The zero-order valence-electron chi connectivity index (χ0n) is 14.1. The smallest absolute Gasteiger partial charge is 0.265 e. The van der Waals surface area contributed by atoms with Crippen LogP contribution in [0.2, 0.25) is 5.02 Å². The predicted molar refractivity (Wildman–Crippen MR) is 99.2 cm³/mol. The Kier molecular flexibility index (Phi) is 4.95. The van der Waals surface area contributed by atoms with Gasteiger partial charge in [0.25, 0.3) is 11.5 Å². The number of aromatic nitrogens is 1. The number of fused-ring (bicyclic) bond motifs is 1. The summed E-state index contributed by atoms with van der Waals surface area (Å²) in [7, 11) is 0. The van der Waals surface area contributed by atoms with E-state index in [2.05, 4.69) is 6.58 Å². The monoisotopic (exact) mass is 372 g/mol. The molecule has 0 radical (unpaired) electrons. The third-order valence-corrected chi connectivity index (χ3v) is 4.42. The minimum atomic E-state index is -0.743. The average Bonchev–Trinajstić information content (AvgIpc) is 2.64. The number of hydrogen-bond donors (Lipinski definition) is 0. The number of rotatable bonds is 5. The standard InChI is InChI=1S/C19H17ClN2O4/c1-3-8-21-15-9-13(4-6-16(15)26-11-18(21)24)19(25)12(2)22-10-14(20)5-7-17(22)23/h3-7,9-10,12H,1,8,11H2,2H3. The molecule has 1 aliphatic heterocycles. The third-order valence-electron chi connectivity index (χ3n) is 4.20. The van der Waals surface area contributed by atoms with Crippen molar-refractivity contribution in [3.63, 3.8) is 0 Å². The van der Waals surface area contributed by atoms with E-state index in [-0.39, 0.29) is 23.9 Å². The molecule has 3 rings (SSSR count). The second-order valence-corrected chi connectivity index (χ2v) is 6.33. The second-order valence-electron chi connectivity index (χ2n) is 5.90. The maximum Gasteiger partial charge on any atom is 0.265 e. The van der Waals surface area contributed by atoms with Gasteiger partial charge in [0, 0.05) is 24.4 Å². The lowest BCUT2D eigenvalue weighted by Crippen LogP contribution is -2.39. The summed E-state index contributed by atoms with van der Waals surface area (Å²) in [4.78, 5) is 38.5. The van der Waals surface area contributed by atoms with Gasteiger partial charge in [-0.2, -0.15) is 0 Å². The van der Waals surface area contributed by atoms with Crippen molar-refractivity contribution >= 4 is 29.0 Å². The van der Waals surface area contributed by atoms with Crippen molar-refractivity contribution in [3.05, 3.63) is 70.1 Å². The van der Waals surface area contributed by atoms with Gasteiger partial charge in [0.1, 0.15) is 5.75 Å². The molecule has 1 aromatic carbocycles. The number of ketones is 1. The molecule has 1 aromatic heterocycles. The van der Waals surface area contributed by atoms with E-state index in [0.717, 1.165) is 0 Å². The van der Waals surface area contributed by atoms with Crippen LogP contribution in [0.25, 0.3) is 0 Å². The first-order valence-electron chi connectivity index (χ1n) is 8.02. The molecule has 2 heterocycles. The fraction of sp³-hybridized carbons (Fsp3) is 0.211. The largest absolute Gasteiger partial charge is 0.482 e. The summed E-state index contributed by atoms with van der Waals surface area (Å²) < 4.78 is 6.70. The highest BCUT2D eigenvalue weighted by atomic mass is 35.5. The van der Waals surface area contributed by atoms with E-state index >= 15 is 0 Å². The van der Waals surface area contributed by atoms with Crippen LogP contribution in [0.15, 0.2) is 54.0 Å². The van der Waals surface area contributed by atoms with Gasteiger partial charge in [-0.3, -0.25) is 14.4 Å². The minimum Gasteiger partial charge on any atom is -0.482 e. The average molecular weight is 373 g/mol. The molecular weight excluding hydrogens is 356 g/mol. The van der Waals surface area contributed by atoms with E-state index in [0.29, 0.717) is 28.6 Å². The summed E-state index contributed by atoms with van der Waals surface area (Å²) in [6.07, 6.45) is 3.04. The first-order valence-corrected chi connectivity index (χ1v) is 8.40. The van der Waals surface area contributed by atoms with Crippen LogP contribution in [0.5, 0.6) is 5.75 Å². The molecule has 26 heavy (non-hydrogen) atoms. The minimum absolute atomic E-state index is 0.0531. The Morgan fingerprint density at radius 3 is 2.85 bits per heavy atom. The van der Waals surface area contributed by atoms with Crippen molar-refractivity contribution in [1.29, 1.82) is 0 Å². The van der Waals surface area contributed by atoms with Gasteiger partial charge in [0.15, 0.2) is 12.4 Å². The molecule has 0 aliphatic carbocycles. The molecule has 134 valence electrons. The lowest BCUT2D eigenvalue weighted by molar-refractivity contribution is -0.121. The van der Waals surface area contributed by atoms with E-state index in [4.69, 9.17) is 16.3 Å². The van der Waals surface area contributed by atoms with E-state index < -0.39 is 6.04 Å². The lowest BCUT2D eigenvalue weighted by atomic mass is 10.0. The molecule has 1 unspecified atom stereocenters. The van der Waals surface area contributed by atoms with Crippen molar-refractivity contribution in [3.8, 4) is 5.75 Å². The predicted octanol–water partition coefficient (Wildman–Crippen LogP) is 2.86. The van der Waals surface area contributed by atoms with Gasteiger partial charge in [-0.05, 0) is 31.2 Å². The number of hydrogen-bond acceptors (Lipinski definition) is 4. The summed E-state index contributed by atoms with van der Waals surface area (Å²) in [5.41, 5.74) is 0.563. The van der Waals surface area contributed by atoms with Crippen molar-refractivity contribution in [1.82, 2.24) is 4.57 Å². The molecule has 0 N–H and O–H groups in total. The van der Waals surface area contributed by atoms with Crippen LogP contribution < -0.4 is 15.2 Å². The number of carbonyl (C=O) groups excluding carboxylic acids is 2. The molecule has 1 aliphatic rings. The quantitative estimate of drug-likeness (QED) is 0.598. The summed E-state index contributed by atoms with van der Waals surface area (Å²) in [6, 6.07) is 6.93. The molecule has 0 fully saturated rings. The van der Waals surface area contributed by atoms with Gasteiger partial charge >= 0.3 is 0 Å². The number of pyridine rings is 1. The maximum atomic E-state index is 12.9. The molecule has 2 aromatic rings. The van der Waals surface area contributed by atoms with E-state index in [9.17, 15) is 14.4 Å². The highest BCUT2D eigenvalue weighted by Gasteiger charge is 2.27. The van der Waals surface area contributed by atoms with Crippen LogP contribution in [-0.4, -0.2) is 29.4 Å². The number of Topliss-reactive ketones (excluding diaryl/α,β-unsaturated/α-hetero) is 1. The topological polar surface area (TPSA) is 68.6 Å². The number of benzene rings is 1. The van der Waals surface area contributed by atoms with Gasteiger partial charge in [-0.15, -0.1) is 6.58 Å². The SMILES string of the molecule is C=CCN1C(=O)COc2ccc(C(=O)C(C)n3cc(Cl)ccc3=O)cc21. The van der Waals surface area contributed by atoms with Crippen molar-refractivity contribution in [2.75, 3.05) is 18.1 Å². The zero-order valence-corrected chi connectivity index (χ0v) is 14.9. The molecule has 0 saturated carbocycles. The van der Waals surface area contributed by atoms with Crippen LogP contribution in [0, 0.1) is 0 Å². The van der Waals surface area contributed by atoms with Crippen LogP contribution >= 0.6 is 11.6 Å². The van der Waals surface area contributed by atoms with Gasteiger partial charge in [-0.1, -0.05) is 17.7 Å². The Bertz CT molecular complexity index is 951. The number of halogens is 1. The molecule has 7 heteroatoms. The Morgan fingerprint density at radius 1 is 1.35 bits per heavy atom. The van der Waals surface area contributed by atoms with Gasteiger partial charge in [0.2, 0.25) is 0 Å². The van der Waals surface area contributed by atoms with E-state index in [1.165, 1.54) is 27.8 Å². The number of carbonyl (C=O) groups is 2. The zero-order chi connectivity index (χ0) is 18.8. The Labute approximate surface area is 155 Å². The number of amides is 1. The van der Waals surface area contributed by atoms with Crippen LogP contribution in [0.3, 0.4) is 0 Å². The van der Waals surface area contributed by atoms with E-state index in [1.54, 1.807) is 31.2 Å². The first-order chi connectivity index (χ1) is 12.4. The normalized spacial score (nSPS) is 14.4. The molecule has 1 atom stereocenters. The maximum absolute atomic E-state index is 12.9. The molecule has 0 spiro atoms. The fourth-order valence-corrected chi connectivity index (χ4v) is 3.00. The van der Waals surface area contributed by atoms with Crippen molar-refractivity contribution in [2.45, 2.75) is 13.0 Å². The highest BCUT2D eigenvalue weighted by Crippen LogP contribution is 2.33. The first kappa shape index (κ1) is 17.9. The third kappa shape index (κ3) is 3.28. The Hall–Kier alpha value is -2.86. The summed E-state index contributed by atoms with van der Waals surface area (Å²) >= 11 is 5.94. The van der Waals surface area contributed by atoms with Gasteiger partial charge in [-0.25, -0.2) is 0 Å². The van der Waals surface area contributed by atoms with Gasteiger partial charge in [0.05, 0.1) is 16.8 Å². The Balaban J connectivity index is 1.98. The number of anilines is 1. The van der Waals surface area contributed by atoms with Crippen LogP contribution in [-0.2, 0) is 4.79 Å². The summed E-state index contributed by atoms with van der Waals surface area (Å²) in [5, 5.41) is 0.367. The number of ether oxygens (including phenoxy) is 1. The summed E-state index contributed by atoms with van der Waals surface area (Å²) in [6.45, 7) is 5.54. The Morgan fingerprint density at radius 2 is 2.12 bits per heavy atom. The highest BCUT2D eigenvalue weighted by molar-refractivity contribution is 6.30. The summed E-state index contributed by atoms with van der Waals surface area (Å²) in [5.74, 6) is 0.0467. The molecule has 0 bridgehead atoms. The van der Waals surface area contributed by atoms with Crippen molar-refractivity contribution in [2.24, 2.45) is 0 Å². The number of nitrogens with zero attached hydrogens (tertiary/aromatic N) is 2. The van der Waals surface area contributed by atoms with Crippen LogP contribution in [0.1, 0.15) is 23.3 Å². The molecule has 6 nitrogen and oxygen atoms in total. The molecular formula is C19H17ClN2O4. The van der Waals surface area contributed by atoms with E-state index in [1.807, 2.05) is 0 Å². The van der Waals surface area contributed by atoms with Crippen LogP contribution in [0.4, 0.5) is 5.69 Å². The van der Waals surface area contributed by atoms with Crippen molar-refractivity contribution < 1.29 is 14.3 Å². The molecule has 1 amide bonds. The lowest BCUT2D eigenvalue weighted by Gasteiger charge is -2.29. The fourth-order valence-electron chi connectivity index (χ4n) is 2.83. The van der Waals surface area contributed by atoms with Gasteiger partial charge < -0.3 is 14.2 Å².